The van der Waals surface area contributed by atoms with E-state index >= 15 is 0 Å². The number of hydrogen-bond acceptors (Lipinski definition) is 4. The minimum Gasteiger partial charge on any atom is -0.318 e. The molecule has 0 saturated carbocycles. The van der Waals surface area contributed by atoms with Crippen LogP contribution in [0.5, 0.6) is 0 Å². The van der Waals surface area contributed by atoms with Crippen LogP contribution >= 0.6 is 19.0 Å². The van der Waals surface area contributed by atoms with Crippen molar-refractivity contribution in [3.63, 3.8) is 0 Å². The average molecular weight is 245 g/mol. The molecule has 82 valence electrons. The summed E-state index contributed by atoms with van der Waals surface area (Å²) in [6, 6.07) is 5.51. The fourth-order valence-corrected chi connectivity index (χ4v) is 1.37. The smallest absolute Gasteiger partial charge is 0.292 e. The molecule has 1 aromatic heterocycles. The van der Waals surface area contributed by atoms with Gasteiger partial charge >= 0.3 is 0 Å². The first kappa shape index (κ1) is 12.4. The Bertz CT molecular complexity index is 375. The van der Waals surface area contributed by atoms with Crippen LogP contribution < -0.4 is 0 Å². The van der Waals surface area contributed by atoms with Gasteiger partial charge in [-0.1, -0.05) is 18.3 Å². The van der Waals surface area contributed by atoms with E-state index < -0.39 is 6.71 Å². The first-order chi connectivity index (χ1) is 7.20. The lowest BCUT2D eigenvalue weighted by Gasteiger charge is -2.10. The quantitative estimate of drug-likeness (QED) is 0.384. The highest BCUT2D eigenvalue weighted by molar-refractivity contribution is 8.45. The second-order valence-electron chi connectivity index (χ2n) is 2.44. The van der Waals surface area contributed by atoms with Crippen LogP contribution in [0.15, 0.2) is 34.4 Å². The van der Waals surface area contributed by atoms with Gasteiger partial charge in [0.05, 0.1) is 11.9 Å². The lowest BCUT2D eigenvalue weighted by molar-refractivity contribution is 0.344. The third kappa shape index (κ3) is 4.13. The number of rotatable bonds is 4. The molecular weight excluding hydrogens is 233 g/mol. The molecule has 1 aromatic rings. The van der Waals surface area contributed by atoms with Gasteiger partial charge in [0.15, 0.2) is 0 Å². The van der Waals surface area contributed by atoms with Crippen LogP contribution in [0.1, 0.15) is 5.69 Å². The lowest BCUT2D eigenvalue weighted by Crippen LogP contribution is -1.84. The van der Waals surface area contributed by atoms with Gasteiger partial charge in [-0.2, -0.15) is 5.10 Å². The summed E-state index contributed by atoms with van der Waals surface area (Å²) in [7, 11) is 2.95. The van der Waals surface area contributed by atoms with E-state index in [1.807, 2.05) is 18.2 Å². The van der Waals surface area contributed by atoms with Gasteiger partial charge in [-0.15, -0.1) is 4.85 Å². The maximum atomic E-state index is 4.98. The van der Waals surface area contributed by atoms with E-state index in [1.54, 1.807) is 6.20 Å². The molecule has 0 N–H and O–H groups in total. The van der Waals surface area contributed by atoms with E-state index in [1.165, 1.54) is 20.4 Å². The van der Waals surface area contributed by atoms with Gasteiger partial charge in [0.25, 0.3) is 6.71 Å². The van der Waals surface area contributed by atoms with Crippen LogP contribution in [0.2, 0.25) is 0 Å². The molecule has 0 spiro atoms. The van der Waals surface area contributed by atoms with Crippen molar-refractivity contribution in [1.29, 1.82) is 0 Å². The summed E-state index contributed by atoms with van der Waals surface area (Å²) in [6.45, 7) is -2.47. The second-order valence-corrected chi connectivity index (χ2v) is 5.85. The van der Waals surface area contributed by atoms with Crippen LogP contribution in [0.4, 0.5) is 0 Å². The third-order valence-corrected chi connectivity index (χ3v) is 4.02. The molecule has 0 aliphatic rings. The molecule has 0 bridgehead atoms. The van der Waals surface area contributed by atoms with Gasteiger partial charge in [-0.25, -0.2) is 0 Å². The Hall–Kier alpha value is -0.680. The molecule has 0 radical (unpaired) electrons. The Kier molecular flexibility index (Phi) is 4.98. The largest absolute Gasteiger partial charge is 0.318 e. The summed E-state index contributed by atoms with van der Waals surface area (Å²) in [5.74, 6) is 0. The molecule has 0 saturated heterocycles. The molecule has 0 atom stereocenters. The van der Waals surface area contributed by atoms with Crippen molar-refractivity contribution in [3.8, 4) is 0 Å². The third-order valence-electron chi connectivity index (χ3n) is 1.52. The Morgan fingerprint density at radius 2 is 2.13 bits per heavy atom. The van der Waals surface area contributed by atoms with Crippen molar-refractivity contribution in [2.45, 2.75) is 0 Å². The van der Waals surface area contributed by atoms with Crippen LogP contribution in [0.3, 0.4) is 0 Å². The highest BCUT2D eigenvalue weighted by atomic mass is 32.7. The standard InChI is InChI=1S/C8H12N3O2PS/c1-12-14(15,13-2)11-10-7-8-5-3-4-6-9-8/h3-7,15H,1-2H3/b10-7+. The number of hydrogen-bond donors (Lipinski definition) is 1. The molecule has 0 fully saturated rings. The summed E-state index contributed by atoms with van der Waals surface area (Å²) in [4.78, 5) is 7.89. The average Bonchev–Trinajstić information content (AvgIpc) is 2.30. The lowest BCUT2D eigenvalue weighted by atomic mass is 10.4. The molecule has 0 aliphatic carbocycles. The zero-order chi connectivity index (χ0) is 11.1. The molecule has 0 amide bonds. The molecule has 5 nitrogen and oxygen atoms in total. The number of nitrogens with zero attached hydrogens (tertiary/aromatic N) is 3. The van der Waals surface area contributed by atoms with Crippen molar-refractivity contribution < 1.29 is 9.05 Å². The van der Waals surface area contributed by atoms with Crippen molar-refractivity contribution in [1.82, 2.24) is 4.98 Å². The van der Waals surface area contributed by atoms with E-state index in [0.717, 1.165) is 0 Å². The molecule has 15 heavy (non-hydrogen) atoms. The van der Waals surface area contributed by atoms with E-state index in [2.05, 4.69) is 27.2 Å². The summed E-state index contributed by atoms with van der Waals surface area (Å²) in [6.07, 6.45) is 3.19. The molecule has 0 aromatic carbocycles. The Morgan fingerprint density at radius 1 is 1.40 bits per heavy atom. The van der Waals surface area contributed by atoms with E-state index in [0.29, 0.717) is 5.69 Å². The van der Waals surface area contributed by atoms with Gasteiger partial charge in [0.1, 0.15) is 0 Å². The molecular formula is C8H12N3O2PS. The topological polar surface area (TPSA) is 56.1 Å². The Labute approximate surface area is 93.9 Å². The highest BCUT2D eigenvalue weighted by Gasteiger charge is 2.10. The predicted molar refractivity (Wildman–Crippen MR) is 64.2 cm³/mol. The first-order valence-corrected chi connectivity index (χ1v) is 6.83. The monoisotopic (exact) mass is 245 g/mol. The maximum Gasteiger partial charge on any atom is 0.292 e. The molecule has 1 heterocycles. The van der Waals surface area contributed by atoms with Crippen molar-refractivity contribution in [2.75, 3.05) is 14.2 Å². The van der Waals surface area contributed by atoms with Gasteiger partial charge in [0.2, 0.25) is 0 Å². The zero-order valence-electron chi connectivity index (χ0n) is 8.44. The minimum absolute atomic E-state index is 0.716. The second kappa shape index (κ2) is 6.02. The maximum absolute atomic E-state index is 4.98. The number of aromatic nitrogens is 1. The van der Waals surface area contributed by atoms with E-state index in [4.69, 9.17) is 9.05 Å². The van der Waals surface area contributed by atoms with Crippen LogP contribution in [0.25, 0.3) is 0 Å². The summed E-state index contributed by atoms with van der Waals surface area (Å²) in [5, 5.41) is 3.82. The van der Waals surface area contributed by atoms with Crippen LogP contribution in [-0.2, 0) is 9.05 Å². The number of pyridine rings is 1. The van der Waals surface area contributed by atoms with Gasteiger partial charge in [-0.3, -0.25) is 4.98 Å². The molecule has 7 heteroatoms. The van der Waals surface area contributed by atoms with Gasteiger partial charge < -0.3 is 9.05 Å². The van der Waals surface area contributed by atoms with Crippen LogP contribution in [0, 0.1) is 0 Å². The zero-order valence-corrected chi connectivity index (χ0v) is 10.2. The molecule has 1 rings (SSSR count). The van der Waals surface area contributed by atoms with Crippen molar-refractivity contribution in [2.24, 2.45) is 9.96 Å². The summed E-state index contributed by atoms with van der Waals surface area (Å²) >= 11 is 4.13. The van der Waals surface area contributed by atoms with Crippen molar-refractivity contribution in [3.05, 3.63) is 30.1 Å². The SMILES string of the molecule is COP(S)(=N/N=C/c1ccccn1)OC. The Balaban J connectivity index is 2.75. The van der Waals surface area contributed by atoms with Crippen LogP contribution in [-0.4, -0.2) is 25.4 Å². The molecule has 0 unspecified atom stereocenters. The minimum atomic E-state index is -2.47. The molecule has 0 aliphatic heterocycles. The summed E-state index contributed by atoms with van der Waals surface area (Å²) in [5.41, 5.74) is 0.716. The first-order valence-electron chi connectivity index (χ1n) is 4.10. The predicted octanol–water partition coefficient (Wildman–Crippen LogP) is 2.58. The van der Waals surface area contributed by atoms with Gasteiger partial charge in [-0.05, 0) is 12.1 Å². The van der Waals surface area contributed by atoms with Gasteiger partial charge in [0, 0.05) is 20.4 Å². The number of thiol groups is 1. The fourth-order valence-electron chi connectivity index (χ4n) is 0.750. The summed E-state index contributed by atoms with van der Waals surface area (Å²) < 4.78 is 9.95. The van der Waals surface area contributed by atoms with E-state index in [9.17, 15) is 0 Å². The van der Waals surface area contributed by atoms with Crippen molar-refractivity contribution >= 4 is 25.2 Å². The fraction of sp³-hybridized carbons (Fsp3) is 0.250. The highest BCUT2D eigenvalue weighted by Crippen LogP contribution is 2.55. The normalized spacial score (nSPS) is 11.9. The Morgan fingerprint density at radius 3 is 2.67 bits per heavy atom. The van der Waals surface area contributed by atoms with E-state index in [-0.39, 0.29) is 0 Å².